The molecular weight excluding hydrogens is 345 g/mol. The van der Waals surface area contributed by atoms with E-state index >= 15 is 0 Å². The van der Waals surface area contributed by atoms with E-state index in [1.807, 2.05) is 30.3 Å². The van der Waals surface area contributed by atoms with Crippen LogP contribution in [0, 0.1) is 5.82 Å². The topological polar surface area (TPSA) is 50.9 Å². The van der Waals surface area contributed by atoms with Crippen LogP contribution in [0.15, 0.2) is 79.1 Å². The number of hydrogen-bond donors (Lipinski definition) is 1. The molecule has 0 saturated heterocycles. The predicted molar refractivity (Wildman–Crippen MR) is 101 cm³/mol. The Morgan fingerprint density at radius 1 is 1.00 bits per heavy atom. The fourth-order valence-electron chi connectivity index (χ4n) is 3.12. The van der Waals surface area contributed by atoms with Crippen molar-refractivity contribution < 1.29 is 19.0 Å². The number of fused-ring (bicyclic) bond motifs is 1. The molecule has 4 nitrogen and oxygen atoms in total. The van der Waals surface area contributed by atoms with E-state index in [2.05, 4.69) is 0 Å². The van der Waals surface area contributed by atoms with Crippen molar-refractivity contribution in [2.45, 2.75) is 6.61 Å². The Labute approximate surface area is 155 Å². The Balaban J connectivity index is 1.82. The minimum absolute atomic E-state index is 0.116. The number of rotatable bonds is 5. The first-order valence-corrected chi connectivity index (χ1v) is 8.43. The molecule has 0 bridgehead atoms. The Morgan fingerprint density at radius 3 is 2.56 bits per heavy atom. The van der Waals surface area contributed by atoms with Crippen LogP contribution in [0.25, 0.3) is 16.6 Å². The molecule has 0 aliphatic rings. The van der Waals surface area contributed by atoms with Gasteiger partial charge in [-0.25, -0.2) is 9.18 Å². The third kappa shape index (κ3) is 3.27. The Bertz CT molecular complexity index is 1120. The molecule has 2 aromatic carbocycles. The highest BCUT2D eigenvalue weighted by Crippen LogP contribution is 2.36. The summed E-state index contributed by atoms with van der Waals surface area (Å²) in [5.74, 6) is -1.10. The van der Waals surface area contributed by atoms with Crippen molar-refractivity contribution in [3.63, 3.8) is 0 Å². The van der Waals surface area contributed by atoms with Gasteiger partial charge in [0, 0.05) is 23.5 Å². The molecule has 5 heteroatoms. The molecule has 2 heterocycles. The van der Waals surface area contributed by atoms with Gasteiger partial charge in [-0.2, -0.15) is 0 Å². The summed E-state index contributed by atoms with van der Waals surface area (Å²) < 4.78 is 21.6. The molecule has 0 aliphatic heterocycles. The minimum atomic E-state index is -1.07. The molecule has 0 saturated carbocycles. The maximum Gasteiger partial charge on any atom is 0.338 e. The number of pyridine rings is 1. The Kier molecular flexibility index (Phi) is 4.34. The van der Waals surface area contributed by atoms with Crippen molar-refractivity contribution in [2.75, 3.05) is 0 Å². The molecule has 0 amide bonds. The van der Waals surface area contributed by atoms with Crippen LogP contribution >= 0.6 is 0 Å². The van der Waals surface area contributed by atoms with Crippen molar-refractivity contribution in [3.05, 3.63) is 96.1 Å². The molecule has 0 spiro atoms. The average Bonchev–Trinajstić information content (AvgIpc) is 3.07. The van der Waals surface area contributed by atoms with E-state index in [4.69, 9.17) is 4.74 Å². The zero-order valence-electron chi connectivity index (χ0n) is 14.3. The van der Waals surface area contributed by atoms with Crippen LogP contribution in [0.4, 0.5) is 4.39 Å². The number of halogens is 1. The summed E-state index contributed by atoms with van der Waals surface area (Å²) in [7, 11) is 0. The van der Waals surface area contributed by atoms with Crippen LogP contribution in [0.2, 0.25) is 0 Å². The van der Waals surface area contributed by atoms with Gasteiger partial charge >= 0.3 is 5.97 Å². The van der Waals surface area contributed by atoms with E-state index in [1.54, 1.807) is 35.0 Å². The summed E-state index contributed by atoms with van der Waals surface area (Å²) in [4.78, 5) is 11.9. The highest BCUT2D eigenvalue weighted by molar-refractivity contribution is 6.04. The molecule has 0 unspecified atom stereocenters. The molecule has 4 aromatic rings. The maximum absolute atomic E-state index is 14.0. The van der Waals surface area contributed by atoms with Crippen molar-refractivity contribution in [1.82, 2.24) is 4.40 Å². The summed E-state index contributed by atoms with van der Waals surface area (Å²) in [6.07, 6.45) is 3.44. The summed E-state index contributed by atoms with van der Waals surface area (Å²) in [5, 5.41) is 9.73. The van der Waals surface area contributed by atoms with E-state index in [0.29, 0.717) is 29.0 Å². The molecule has 0 atom stereocenters. The molecule has 134 valence electrons. The van der Waals surface area contributed by atoms with E-state index in [1.165, 1.54) is 18.2 Å². The first-order chi connectivity index (χ1) is 13.1. The first kappa shape index (κ1) is 16.8. The molecule has 0 aliphatic carbocycles. The molecule has 2 aromatic heterocycles. The van der Waals surface area contributed by atoms with Crippen LogP contribution in [0.3, 0.4) is 0 Å². The SMILES string of the molecule is O=C(O)c1c(-c2cc(F)ccc2OCc2ccccc2)cn2ccccc12. The van der Waals surface area contributed by atoms with E-state index in [9.17, 15) is 14.3 Å². The minimum Gasteiger partial charge on any atom is -0.488 e. The Morgan fingerprint density at radius 2 is 1.78 bits per heavy atom. The molecular formula is C22H16FNO3. The number of carboxylic acids is 1. The molecule has 0 radical (unpaired) electrons. The van der Waals surface area contributed by atoms with Crippen LogP contribution < -0.4 is 4.74 Å². The third-order valence-electron chi connectivity index (χ3n) is 4.37. The zero-order valence-corrected chi connectivity index (χ0v) is 14.3. The van der Waals surface area contributed by atoms with Crippen LogP contribution in [0.1, 0.15) is 15.9 Å². The van der Waals surface area contributed by atoms with Gasteiger partial charge in [-0.3, -0.25) is 0 Å². The lowest BCUT2D eigenvalue weighted by Crippen LogP contribution is -2.00. The fraction of sp³-hybridized carbons (Fsp3) is 0.0455. The number of ether oxygens (including phenoxy) is 1. The first-order valence-electron chi connectivity index (χ1n) is 8.43. The van der Waals surface area contributed by atoms with Crippen molar-refractivity contribution in [1.29, 1.82) is 0 Å². The largest absolute Gasteiger partial charge is 0.488 e. The number of carboxylic acid groups (broad SMARTS) is 1. The van der Waals surface area contributed by atoms with E-state index in [0.717, 1.165) is 5.56 Å². The van der Waals surface area contributed by atoms with Gasteiger partial charge in [-0.15, -0.1) is 0 Å². The van der Waals surface area contributed by atoms with Crippen molar-refractivity contribution in [2.24, 2.45) is 0 Å². The summed E-state index contributed by atoms with van der Waals surface area (Å²) in [6.45, 7) is 0.301. The maximum atomic E-state index is 14.0. The summed E-state index contributed by atoms with van der Waals surface area (Å²) in [6, 6.07) is 19.0. The quantitative estimate of drug-likeness (QED) is 0.543. The van der Waals surface area contributed by atoms with Gasteiger partial charge in [0.25, 0.3) is 0 Å². The summed E-state index contributed by atoms with van der Waals surface area (Å²) in [5.41, 5.74) is 2.44. The van der Waals surface area contributed by atoms with E-state index in [-0.39, 0.29) is 5.56 Å². The predicted octanol–water partition coefficient (Wildman–Crippen LogP) is 5.02. The number of hydrogen-bond acceptors (Lipinski definition) is 2. The lowest BCUT2D eigenvalue weighted by atomic mass is 10.0. The summed E-state index contributed by atoms with van der Waals surface area (Å²) >= 11 is 0. The van der Waals surface area contributed by atoms with Crippen LogP contribution in [0.5, 0.6) is 5.75 Å². The second-order valence-corrected chi connectivity index (χ2v) is 6.13. The van der Waals surface area contributed by atoms with Gasteiger partial charge in [-0.05, 0) is 35.9 Å². The number of aromatic carboxylic acids is 1. The van der Waals surface area contributed by atoms with Crippen molar-refractivity contribution >= 4 is 11.5 Å². The highest BCUT2D eigenvalue weighted by Gasteiger charge is 2.21. The van der Waals surface area contributed by atoms with Gasteiger partial charge in [0.05, 0.1) is 11.1 Å². The molecule has 4 rings (SSSR count). The van der Waals surface area contributed by atoms with Gasteiger partial charge in [0.15, 0.2) is 0 Å². The lowest BCUT2D eigenvalue weighted by molar-refractivity contribution is 0.0700. The standard InChI is InChI=1S/C22H16FNO3/c23-16-9-10-20(27-14-15-6-2-1-3-7-15)17(12-16)18-13-24-11-5-4-8-19(24)21(18)22(25)26/h1-13H,14H2,(H,25,26). The van der Waals surface area contributed by atoms with Gasteiger partial charge < -0.3 is 14.2 Å². The fourth-order valence-corrected chi connectivity index (χ4v) is 3.12. The second-order valence-electron chi connectivity index (χ2n) is 6.13. The number of benzene rings is 2. The lowest BCUT2D eigenvalue weighted by Gasteiger charge is -2.12. The van der Waals surface area contributed by atoms with Gasteiger partial charge in [-0.1, -0.05) is 36.4 Å². The van der Waals surface area contributed by atoms with Crippen LogP contribution in [-0.4, -0.2) is 15.5 Å². The van der Waals surface area contributed by atoms with Gasteiger partial charge in [0.1, 0.15) is 18.2 Å². The highest BCUT2D eigenvalue weighted by atomic mass is 19.1. The smallest absolute Gasteiger partial charge is 0.338 e. The average molecular weight is 361 g/mol. The number of aromatic nitrogens is 1. The monoisotopic (exact) mass is 361 g/mol. The van der Waals surface area contributed by atoms with Gasteiger partial charge in [0.2, 0.25) is 0 Å². The zero-order chi connectivity index (χ0) is 18.8. The second kappa shape index (κ2) is 6.96. The number of carbonyl (C=O) groups is 1. The normalized spacial score (nSPS) is 10.9. The third-order valence-corrected chi connectivity index (χ3v) is 4.37. The molecule has 0 fully saturated rings. The number of nitrogens with zero attached hydrogens (tertiary/aromatic N) is 1. The van der Waals surface area contributed by atoms with Crippen molar-refractivity contribution in [3.8, 4) is 16.9 Å². The Hall–Kier alpha value is -3.60. The molecule has 27 heavy (non-hydrogen) atoms. The van der Waals surface area contributed by atoms with E-state index < -0.39 is 11.8 Å². The van der Waals surface area contributed by atoms with Crippen LogP contribution in [-0.2, 0) is 6.61 Å². The molecule has 1 N–H and O–H groups in total.